The summed E-state index contributed by atoms with van der Waals surface area (Å²) in [4.78, 5) is 57.7. The molecule has 0 aliphatic carbocycles. The standard InChI is InChI=1S/C35H52N4O6S/c1-23(25-16-18-26(19-17-25)31-24(2)36-22-46-31)37-33(44)28-20-27(40)21-39(28)34(45)32(35(3,4)5)38-29(41)14-12-10-8-6-7-9-11-13-15-30(42)43/h16-19,22-23,27-28,32,40H,6-15,20-21H2,1-5H3,(H,37,44)(H,38,41)(H,42,43)/t23?,27-,28+,32?/m1/s1. The number of aryl methyl sites for hydroxylation is 1. The topological polar surface area (TPSA) is 149 Å². The third-order valence-electron chi connectivity index (χ3n) is 8.60. The Morgan fingerprint density at radius 2 is 1.54 bits per heavy atom. The van der Waals surface area contributed by atoms with Crippen LogP contribution in [0.5, 0.6) is 0 Å². The normalized spacial score (nSPS) is 17.8. The zero-order chi connectivity index (χ0) is 33.9. The molecule has 2 heterocycles. The molecule has 4 N–H and O–H groups in total. The van der Waals surface area contributed by atoms with E-state index in [1.807, 2.05) is 64.4 Å². The van der Waals surface area contributed by atoms with Crippen molar-refractivity contribution in [2.45, 2.75) is 129 Å². The maximum absolute atomic E-state index is 13.9. The van der Waals surface area contributed by atoms with Crippen molar-refractivity contribution in [1.29, 1.82) is 0 Å². The van der Waals surface area contributed by atoms with Crippen LogP contribution >= 0.6 is 11.3 Å². The molecule has 1 fully saturated rings. The number of hydrogen-bond acceptors (Lipinski definition) is 7. The van der Waals surface area contributed by atoms with Crippen LogP contribution in [0.2, 0.25) is 0 Å². The molecule has 11 heteroatoms. The number of unbranched alkanes of at least 4 members (excludes halogenated alkanes) is 7. The Hall–Kier alpha value is -3.31. The number of benzene rings is 1. The van der Waals surface area contributed by atoms with E-state index >= 15 is 0 Å². The first-order chi connectivity index (χ1) is 21.8. The number of aromatic nitrogens is 1. The minimum absolute atomic E-state index is 0.0347. The van der Waals surface area contributed by atoms with Gasteiger partial charge >= 0.3 is 5.97 Å². The van der Waals surface area contributed by atoms with Crippen molar-refractivity contribution >= 4 is 35.0 Å². The van der Waals surface area contributed by atoms with Gasteiger partial charge in [0, 0.05) is 25.8 Å². The number of thiazole rings is 1. The average molecular weight is 657 g/mol. The first-order valence-electron chi connectivity index (χ1n) is 16.6. The molecule has 0 bridgehead atoms. The Bertz CT molecular complexity index is 1300. The molecule has 46 heavy (non-hydrogen) atoms. The van der Waals surface area contributed by atoms with Crippen LogP contribution in [-0.4, -0.2) is 68.5 Å². The van der Waals surface area contributed by atoms with Gasteiger partial charge in [0.05, 0.1) is 28.2 Å². The summed E-state index contributed by atoms with van der Waals surface area (Å²) in [6.07, 6.45) is 7.24. The van der Waals surface area contributed by atoms with Crippen molar-refractivity contribution < 1.29 is 29.4 Å². The third-order valence-corrected chi connectivity index (χ3v) is 9.58. The lowest BCUT2D eigenvalue weighted by Crippen LogP contribution is -2.57. The summed E-state index contributed by atoms with van der Waals surface area (Å²) in [6.45, 7) is 9.55. The highest BCUT2D eigenvalue weighted by atomic mass is 32.1. The number of nitrogens with zero attached hydrogens (tertiary/aromatic N) is 2. The fourth-order valence-corrected chi connectivity index (χ4v) is 6.68. The summed E-state index contributed by atoms with van der Waals surface area (Å²) in [5.41, 5.74) is 4.18. The van der Waals surface area contributed by atoms with Gasteiger partial charge in [-0.2, -0.15) is 0 Å². The Morgan fingerprint density at radius 3 is 2.09 bits per heavy atom. The quantitative estimate of drug-likeness (QED) is 0.158. The Labute approximate surface area is 277 Å². The molecule has 4 atom stereocenters. The van der Waals surface area contributed by atoms with Gasteiger partial charge in [0.1, 0.15) is 12.1 Å². The largest absolute Gasteiger partial charge is 0.481 e. The van der Waals surface area contributed by atoms with Crippen molar-refractivity contribution in [3.8, 4) is 10.4 Å². The fraction of sp³-hybridized carbons (Fsp3) is 0.629. The third kappa shape index (κ3) is 11.2. The molecule has 1 aromatic heterocycles. The van der Waals surface area contributed by atoms with Crippen LogP contribution in [0.1, 0.15) is 116 Å². The smallest absolute Gasteiger partial charge is 0.303 e. The first-order valence-corrected chi connectivity index (χ1v) is 17.5. The van der Waals surface area contributed by atoms with Gasteiger partial charge in [-0.15, -0.1) is 11.3 Å². The number of aliphatic hydroxyl groups is 1. The summed E-state index contributed by atoms with van der Waals surface area (Å²) in [5.74, 6) is -1.64. The van der Waals surface area contributed by atoms with Crippen molar-refractivity contribution in [2.75, 3.05) is 6.54 Å². The molecular formula is C35H52N4O6S. The van der Waals surface area contributed by atoms with E-state index in [1.165, 1.54) is 4.90 Å². The van der Waals surface area contributed by atoms with E-state index < -0.39 is 29.6 Å². The lowest BCUT2D eigenvalue weighted by atomic mass is 9.85. The molecule has 254 valence electrons. The number of carbonyl (C=O) groups is 4. The molecule has 1 aliphatic heterocycles. The number of carbonyl (C=O) groups excluding carboxylic acids is 3. The molecule has 1 saturated heterocycles. The van der Waals surface area contributed by atoms with Crippen LogP contribution in [0.15, 0.2) is 29.8 Å². The number of hydrogen-bond donors (Lipinski definition) is 4. The van der Waals surface area contributed by atoms with Gasteiger partial charge in [-0.25, -0.2) is 4.98 Å². The Kier molecular flexibility index (Phi) is 14.2. The van der Waals surface area contributed by atoms with Gasteiger partial charge in [0.15, 0.2) is 0 Å². The van der Waals surface area contributed by atoms with Crippen LogP contribution < -0.4 is 10.6 Å². The molecule has 1 aliphatic rings. The highest BCUT2D eigenvalue weighted by Gasteiger charge is 2.44. The minimum atomic E-state index is -0.841. The van der Waals surface area contributed by atoms with E-state index in [0.717, 1.165) is 60.2 Å². The Morgan fingerprint density at radius 1 is 0.957 bits per heavy atom. The van der Waals surface area contributed by atoms with Crippen LogP contribution in [0.4, 0.5) is 0 Å². The van der Waals surface area contributed by atoms with Crippen LogP contribution in [0.3, 0.4) is 0 Å². The Balaban J connectivity index is 1.51. The van der Waals surface area contributed by atoms with E-state index in [4.69, 9.17) is 5.11 Å². The summed E-state index contributed by atoms with van der Waals surface area (Å²) < 4.78 is 0. The van der Waals surface area contributed by atoms with Crippen molar-refractivity contribution in [3.63, 3.8) is 0 Å². The van der Waals surface area contributed by atoms with Gasteiger partial charge in [0.25, 0.3) is 0 Å². The van der Waals surface area contributed by atoms with Gasteiger partial charge in [0.2, 0.25) is 17.7 Å². The number of carboxylic acid groups (broad SMARTS) is 1. The molecule has 0 radical (unpaired) electrons. The van der Waals surface area contributed by atoms with E-state index in [0.29, 0.717) is 19.3 Å². The number of nitrogens with one attached hydrogen (secondary N) is 2. The summed E-state index contributed by atoms with van der Waals surface area (Å²) >= 11 is 1.58. The number of β-amino-alcohol motifs (C(OH)–C–C–N with tert-alkyl or cyclic N) is 1. The number of amides is 3. The second-order valence-electron chi connectivity index (χ2n) is 13.6. The van der Waals surface area contributed by atoms with Crippen molar-refractivity contribution in [2.24, 2.45) is 5.41 Å². The molecule has 2 aromatic rings. The maximum Gasteiger partial charge on any atom is 0.303 e. The summed E-state index contributed by atoms with van der Waals surface area (Å²) in [7, 11) is 0. The van der Waals surface area contributed by atoms with Crippen LogP contribution in [0, 0.1) is 12.3 Å². The number of likely N-dealkylation sites (tertiary alicyclic amines) is 1. The zero-order valence-corrected chi connectivity index (χ0v) is 28.8. The van der Waals surface area contributed by atoms with Crippen LogP contribution in [-0.2, 0) is 19.2 Å². The lowest BCUT2D eigenvalue weighted by molar-refractivity contribution is -0.144. The average Bonchev–Trinajstić information content (AvgIpc) is 3.61. The highest BCUT2D eigenvalue weighted by Crippen LogP contribution is 2.29. The van der Waals surface area contributed by atoms with Crippen molar-refractivity contribution in [3.05, 3.63) is 41.0 Å². The van der Waals surface area contributed by atoms with Crippen molar-refractivity contribution in [1.82, 2.24) is 20.5 Å². The molecule has 3 rings (SSSR count). The molecule has 2 unspecified atom stereocenters. The highest BCUT2D eigenvalue weighted by molar-refractivity contribution is 7.13. The summed E-state index contributed by atoms with van der Waals surface area (Å²) in [6, 6.07) is 5.98. The molecule has 0 spiro atoms. The minimum Gasteiger partial charge on any atom is -0.481 e. The van der Waals surface area contributed by atoms with E-state index in [-0.39, 0.29) is 43.1 Å². The predicted octanol–water partition coefficient (Wildman–Crippen LogP) is 5.77. The monoisotopic (exact) mass is 656 g/mol. The van der Waals surface area contributed by atoms with Crippen LogP contribution in [0.25, 0.3) is 10.4 Å². The van der Waals surface area contributed by atoms with E-state index in [9.17, 15) is 24.3 Å². The lowest BCUT2D eigenvalue weighted by Gasteiger charge is -2.35. The summed E-state index contributed by atoms with van der Waals surface area (Å²) in [5, 5.41) is 25.2. The predicted molar refractivity (Wildman–Crippen MR) is 180 cm³/mol. The number of rotatable bonds is 17. The zero-order valence-electron chi connectivity index (χ0n) is 28.0. The van der Waals surface area contributed by atoms with E-state index in [2.05, 4.69) is 15.6 Å². The first kappa shape index (κ1) is 37.2. The van der Waals surface area contributed by atoms with Gasteiger partial charge in [-0.05, 0) is 43.2 Å². The maximum atomic E-state index is 13.9. The molecule has 1 aromatic carbocycles. The second-order valence-corrected chi connectivity index (χ2v) is 14.5. The molecule has 3 amide bonds. The molecule has 0 saturated carbocycles. The molecular weight excluding hydrogens is 604 g/mol. The fourth-order valence-electron chi connectivity index (χ4n) is 5.87. The molecule has 10 nitrogen and oxygen atoms in total. The van der Waals surface area contributed by atoms with Gasteiger partial charge in [-0.3, -0.25) is 19.2 Å². The number of carboxylic acids is 1. The number of aliphatic carboxylic acids is 1. The second kappa shape index (κ2) is 17.6. The number of aliphatic hydroxyl groups excluding tert-OH is 1. The van der Waals surface area contributed by atoms with Gasteiger partial charge < -0.3 is 25.7 Å². The van der Waals surface area contributed by atoms with E-state index in [1.54, 1.807) is 11.3 Å². The van der Waals surface area contributed by atoms with Gasteiger partial charge in [-0.1, -0.05) is 83.6 Å². The SMILES string of the molecule is Cc1ncsc1-c1ccc(C(C)NC(=O)[C@@H]2C[C@@H](O)CN2C(=O)C(NC(=O)CCCCCCCCCCC(=O)O)C(C)(C)C)cc1.